The number of amides is 1. The molecule has 0 saturated heterocycles. The molecule has 1 aromatic carbocycles. The average molecular weight is 322 g/mol. The summed E-state index contributed by atoms with van der Waals surface area (Å²) in [7, 11) is 3.25. The van der Waals surface area contributed by atoms with Gasteiger partial charge in [-0.2, -0.15) is 0 Å². The van der Waals surface area contributed by atoms with Gasteiger partial charge in [-0.25, -0.2) is 0 Å². The molecule has 0 aliphatic rings. The number of hydrogen-bond acceptors (Lipinski definition) is 4. The number of unbranched alkanes of at least 4 members (excludes halogenated alkanes) is 3. The lowest BCUT2D eigenvalue weighted by molar-refractivity contribution is -0.120. The van der Waals surface area contributed by atoms with E-state index in [0.717, 1.165) is 62.1 Å². The molecule has 0 atom stereocenters. The SMILES string of the molecule is CCc1c(CC(=O)NCCCCCCN)ccc(OC)c1OC. The number of ether oxygens (including phenoxy) is 2. The number of hydrogen-bond donors (Lipinski definition) is 2. The Morgan fingerprint density at radius 1 is 1.13 bits per heavy atom. The van der Waals surface area contributed by atoms with Gasteiger partial charge in [-0.05, 0) is 37.4 Å². The van der Waals surface area contributed by atoms with Crippen molar-refractivity contribution in [2.24, 2.45) is 5.73 Å². The van der Waals surface area contributed by atoms with Crippen molar-refractivity contribution in [3.63, 3.8) is 0 Å². The molecule has 0 radical (unpaired) electrons. The Hall–Kier alpha value is -1.75. The lowest BCUT2D eigenvalue weighted by Crippen LogP contribution is -2.26. The van der Waals surface area contributed by atoms with Gasteiger partial charge in [0.1, 0.15) is 0 Å². The van der Waals surface area contributed by atoms with Crippen LogP contribution in [0.25, 0.3) is 0 Å². The summed E-state index contributed by atoms with van der Waals surface area (Å²) >= 11 is 0. The van der Waals surface area contributed by atoms with Crippen LogP contribution in [0.3, 0.4) is 0 Å². The number of benzene rings is 1. The Bertz CT molecular complexity index is 489. The summed E-state index contributed by atoms with van der Waals surface area (Å²) in [6.07, 6.45) is 5.45. The van der Waals surface area contributed by atoms with Crippen molar-refractivity contribution < 1.29 is 14.3 Å². The van der Waals surface area contributed by atoms with Crippen LogP contribution in [0.5, 0.6) is 11.5 Å². The smallest absolute Gasteiger partial charge is 0.224 e. The molecule has 130 valence electrons. The summed E-state index contributed by atoms with van der Waals surface area (Å²) in [6.45, 7) is 3.51. The second-order valence-corrected chi connectivity index (χ2v) is 5.52. The van der Waals surface area contributed by atoms with Crippen molar-refractivity contribution in [1.29, 1.82) is 0 Å². The van der Waals surface area contributed by atoms with Crippen LogP contribution in [0, 0.1) is 0 Å². The molecule has 5 nitrogen and oxygen atoms in total. The predicted molar refractivity (Wildman–Crippen MR) is 93.2 cm³/mol. The number of nitrogens with two attached hydrogens (primary N) is 1. The quantitative estimate of drug-likeness (QED) is 0.614. The van der Waals surface area contributed by atoms with E-state index in [-0.39, 0.29) is 5.91 Å². The van der Waals surface area contributed by atoms with Gasteiger partial charge in [0, 0.05) is 12.1 Å². The first-order valence-corrected chi connectivity index (χ1v) is 8.37. The van der Waals surface area contributed by atoms with Gasteiger partial charge in [0.05, 0.1) is 20.6 Å². The molecule has 0 aromatic heterocycles. The van der Waals surface area contributed by atoms with Gasteiger partial charge < -0.3 is 20.5 Å². The van der Waals surface area contributed by atoms with Crippen LogP contribution in [-0.4, -0.2) is 33.2 Å². The molecular weight excluding hydrogens is 292 g/mol. The van der Waals surface area contributed by atoms with Crippen LogP contribution in [0.4, 0.5) is 0 Å². The van der Waals surface area contributed by atoms with Crippen LogP contribution in [0.15, 0.2) is 12.1 Å². The molecule has 0 unspecified atom stereocenters. The molecule has 3 N–H and O–H groups in total. The van der Waals surface area contributed by atoms with E-state index < -0.39 is 0 Å². The Balaban J connectivity index is 2.57. The molecule has 0 spiro atoms. The second kappa shape index (κ2) is 10.9. The van der Waals surface area contributed by atoms with Crippen molar-refractivity contribution in [2.75, 3.05) is 27.3 Å². The highest BCUT2D eigenvalue weighted by Crippen LogP contribution is 2.34. The summed E-state index contributed by atoms with van der Waals surface area (Å²) in [5.41, 5.74) is 7.48. The molecule has 0 fully saturated rings. The van der Waals surface area contributed by atoms with Gasteiger partial charge in [0.15, 0.2) is 11.5 Å². The number of carbonyl (C=O) groups is 1. The number of methoxy groups -OCH3 is 2. The number of nitrogens with one attached hydrogen (secondary N) is 1. The fraction of sp³-hybridized carbons (Fsp3) is 0.611. The minimum Gasteiger partial charge on any atom is -0.493 e. The van der Waals surface area contributed by atoms with Gasteiger partial charge in [-0.15, -0.1) is 0 Å². The standard InChI is InChI=1S/C18H30N2O3/c1-4-15-14(9-10-16(22-2)18(15)23-3)13-17(21)20-12-8-6-5-7-11-19/h9-10H,4-8,11-13,19H2,1-3H3,(H,20,21). The topological polar surface area (TPSA) is 73.6 Å². The summed E-state index contributed by atoms with van der Waals surface area (Å²) in [5.74, 6) is 1.47. The molecule has 5 heteroatoms. The average Bonchev–Trinajstić information content (AvgIpc) is 2.57. The Morgan fingerprint density at radius 3 is 2.48 bits per heavy atom. The molecule has 1 amide bonds. The monoisotopic (exact) mass is 322 g/mol. The largest absolute Gasteiger partial charge is 0.493 e. The molecular formula is C18H30N2O3. The first-order valence-electron chi connectivity index (χ1n) is 8.37. The second-order valence-electron chi connectivity index (χ2n) is 5.52. The van der Waals surface area contributed by atoms with E-state index in [9.17, 15) is 4.79 Å². The fourth-order valence-corrected chi connectivity index (χ4v) is 2.67. The van der Waals surface area contributed by atoms with Gasteiger partial charge in [0.2, 0.25) is 5.91 Å². The van der Waals surface area contributed by atoms with Crippen molar-refractivity contribution in [3.05, 3.63) is 23.3 Å². The van der Waals surface area contributed by atoms with E-state index in [4.69, 9.17) is 15.2 Å². The third-order valence-electron chi connectivity index (χ3n) is 3.90. The minimum absolute atomic E-state index is 0.0470. The van der Waals surface area contributed by atoms with Crippen LogP contribution in [-0.2, 0) is 17.6 Å². The molecule has 0 aliphatic carbocycles. The van der Waals surface area contributed by atoms with E-state index >= 15 is 0 Å². The van der Waals surface area contributed by atoms with Crippen molar-refractivity contribution in [1.82, 2.24) is 5.32 Å². The van der Waals surface area contributed by atoms with E-state index in [0.29, 0.717) is 12.2 Å². The zero-order chi connectivity index (χ0) is 17.1. The van der Waals surface area contributed by atoms with Crippen molar-refractivity contribution in [2.45, 2.75) is 45.4 Å². The normalized spacial score (nSPS) is 10.4. The van der Waals surface area contributed by atoms with Crippen molar-refractivity contribution >= 4 is 5.91 Å². The fourth-order valence-electron chi connectivity index (χ4n) is 2.67. The summed E-state index contributed by atoms with van der Waals surface area (Å²) in [5, 5.41) is 2.98. The van der Waals surface area contributed by atoms with Gasteiger partial charge in [-0.1, -0.05) is 25.8 Å². The molecule has 0 heterocycles. The van der Waals surface area contributed by atoms with Gasteiger partial charge >= 0.3 is 0 Å². The van der Waals surface area contributed by atoms with Crippen LogP contribution >= 0.6 is 0 Å². The third kappa shape index (κ3) is 6.10. The molecule has 23 heavy (non-hydrogen) atoms. The highest BCUT2D eigenvalue weighted by atomic mass is 16.5. The van der Waals surface area contributed by atoms with E-state index in [1.807, 2.05) is 12.1 Å². The molecule has 1 rings (SSSR count). The third-order valence-corrected chi connectivity index (χ3v) is 3.90. The Morgan fingerprint density at radius 2 is 1.87 bits per heavy atom. The van der Waals surface area contributed by atoms with Crippen molar-refractivity contribution in [3.8, 4) is 11.5 Å². The maximum Gasteiger partial charge on any atom is 0.224 e. The minimum atomic E-state index is 0.0470. The number of rotatable bonds is 11. The summed E-state index contributed by atoms with van der Waals surface area (Å²) < 4.78 is 10.8. The van der Waals surface area contributed by atoms with E-state index in [2.05, 4.69) is 12.2 Å². The van der Waals surface area contributed by atoms with Crippen LogP contribution < -0.4 is 20.5 Å². The summed E-state index contributed by atoms with van der Waals surface area (Å²) in [6, 6.07) is 3.80. The van der Waals surface area contributed by atoms with Gasteiger partial charge in [0.25, 0.3) is 0 Å². The molecule has 0 bridgehead atoms. The maximum absolute atomic E-state index is 12.1. The highest BCUT2D eigenvalue weighted by molar-refractivity contribution is 5.79. The first kappa shape index (κ1) is 19.3. The molecule has 0 aliphatic heterocycles. The van der Waals surface area contributed by atoms with Crippen LogP contribution in [0.1, 0.15) is 43.7 Å². The van der Waals surface area contributed by atoms with E-state index in [1.54, 1.807) is 14.2 Å². The predicted octanol–water partition coefficient (Wildman–Crippen LogP) is 2.44. The number of carbonyl (C=O) groups excluding carboxylic acids is 1. The zero-order valence-corrected chi connectivity index (χ0v) is 14.6. The maximum atomic E-state index is 12.1. The highest BCUT2D eigenvalue weighted by Gasteiger charge is 2.15. The molecule has 0 saturated carbocycles. The molecule has 1 aromatic rings. The lowest BCUT2D eigenvalue weighted by atomic mass is 10.00. The Kier molecular flexibility index (Phi) is 9.14. The zero-order valence-electron chi connectivity index (χ0n) is 14.6. The lowest BCUT2D eigenvalue weighted by Gasteiger charge is -2.16. The Labute approximate surface area is 139 Å². The van der Waals surface area contributed by atoms with Gasteiger partial charge in [-0.3, -0.25) is 4.79 Å². The van der Waals surface area contributed by atoms with E-state index in [1.165, 1.54) is 0 Å². The summed E-state index contributed by atoms with van der Waals surface area (Å²) in [4.78, 5) is 12.1. The van der Waals surface area contributed by atoms with Crippen LogP contribution in [0.2, 0.25) is 0 Å². The first-order chi connectivity index (χ1) is 11.2.